The number of aromatic nitrogens is 1. The minimum atomic E-state index is -3.62. The van der Waals surface area contributed by atoms with Crippen molar-refractivity contribution in [3.8, 4) is 0 Å². The number of nitrogens with one attached hydrogen (secondary N) is 2. The monoisotopic (exact) mass is 299 g/mol. The molecule has 0 amide bonds. The van der Waals surface area contributed by atoms with E-state index >= 15 is 0 Å². The van der Waals surface area contributed by atoms with Crippen molar-refractivity contribution < 1.29 is 12.8 Å². The fourth-order valence-electron chi connectivity index (χ4n) is 1.70. The molecule has 0 saturated heterocycles. The van der Waals surface area contributed by atoms with Crippen LogP contribution in [0.15, 0.2) is 32.3 Å². The Hall–Kier alpha value is -1.64. The number of sulfonamides is 1. The molecule has 1 aromatic heterocycles. The van der Waals surface area contributed by atoms with Gasteiger partial charge in [0.1, 0.15) is 0 Å². The molecule has 7 nitrogen and oxygen atoms in total. The average Bonchev–Trinajstić information content (AvgIpc) is 2.71. The number of oxazole rings is 1. The second kappa shape index (κ2) is 5.39. The van der Waals surface area contributed by atoms with Crippen LogP contribution in [0.3, 0.4) is 0 Å². The fraction of sp³-hybridized carbons (Fsp3) is 0.417. The predicted molar refractivity (Wildman–Crippen MR) is 75.2 cm³/mol. The van der Waals surface area contributed by atoms with Crippen molar-refractivity contribution in [2.24, 2.45) is 7.05 Å². The lowest BCUT2D eigenvalue weighted by molar-refractivity contribution is 0.527. The molecule has 0 radical (unpaired) electrons. The molecule has 2 rings (SSSR count). The summed E-state index contributed by atoms with van der Waals surface area (Å²) in [5, 5.41) is 2.94. The molecule has 0 aliphatic heterocycles. The number of fused-ring (bicyclic) bond motifs is 1. The minimum Gasteiger partial charge on any atom is -0.408 e. The van der Waals surface area contributed by atoms with Crippen LogP contribution < -0.4 is 15.8 Å². The Kier molecular flexibility index (Phi) is 3.98. The third-order valence-corrected chi connectivity index (χ3v) is 4.57. The molecule has 1 aromatic carbocycles. The van der Waals surface area contributed by atoms with Crippen LogP contribution in [0.1, 0.15) is 6.92 Å². The van der Waals surface area contributed by atoms with Gasteiger partial charge in [0.15, 0.2) is 5.58 Å². The first-order valence-corrected chi connectivity index (χ1v) is 7.60. The van der Waals surface area contributed by atoms with Crippen molar-refractivity contribution in [2.45, 2.75) is 17.9 Å². The Morgan fingerprint density at radius 2 is 2.10 bits per heavy atom. The van der Waals surface area contributed by atoms with Crippen molar-refractivity contribution in [2.75, 3.05) is 13.6 Å². The van der Waals surface area contributed by atoms with Crippen molar-refractivity contribution in [3.63, 3.8) is 0 Å². The topological polar surface area (TPSA) is 93.3 Å². The lowest BCUT2D eigenvalue weighted by Gasteiger charge is -2.11. The Labute approximate surface area is 116 Å². The SMILES string of the molecule is CNC(C)CNS(=O)(=O)c1ccc2c(c1)oc(=O)n2C. The van der Waals surface area contributed by atoms with E-state index in [1.54, 1.807) is 20.2 Å². The van der Waals surface area contributed by atoms with Crippen LogP contribution in [-0.4, -0.2) is 32.6 Å². The van der Waals surface area contributed by atoms with Gasteiger partial charge in [0.25, 0.3) is 0 Å². The van der Waals surface area contributed by atoms with Crippen molar-refractivity contribution in [1.82, 2.24) is 14.6 Å². The number of aryl methyl sites for hydroxylation is 1. The highest BCUT2D eigenvalue weighted by Gasteiger charge is 2.17. The highest BCUT2D eigenvalue weighted by Crippen LogP contribution is 2.17. The van der Waals surface area contributed by atoms with E-state index in [1.165, 1.54) is 16.7 Å². The van der Waals surface area contributed by atoms with Gasteiger partial charge in [0.2, 0.25) is 10.0 Å². The number of nitrogens with zero attached hydrogens (tertiary/aromatic N) is 1. The highest BCUT2D eigenvalue weighted by atomic mass is 32.2. The summed E-state index contributed by atoms with van der Waals surface area (Å²) < 4.78 is 33.0. The van der Waals surface area contributed by atoms with Gasteiger partial charge in [-0.3, -0.25) is 4.57 Å². The second-order valence-corrected chi connectivity index (χ2v) is 6.37. The van der Waals surface area contributed by atoms with E-state index < -0.39 is 15.8 Å². The van der Waals surface area contributed by atoms with E-state index in [-0.39, 0.29) is 23.1 Å². The molecule has 8 heteroatoms. The van der Waals surface area contributed by atoms with Crippen LogP contribution in [0.25, 0.3) is 11.1 Å². The van der Waals surface area contributed by atoms with Crippen molar-refractivity contribution >= 4 is 21.1 Å². The molecule has 110 valence electrons. The molecule has 1 atom stereocenters. The average molecular weight is 299 g/mol. The standard InChI is InChI=1S/C12H17N3O4S/c1-8(13-2)7-14-20(17,18)9-4-5-10-11(6-9)19-12(16)15(10)3/h4-6,8,13-14H,7H2,1-3H3. The Morgan fingerprint density at radius 1 is 1.40 bits per heavy atom. The molecule has 2 aromatic rings. The second-order valence-electron chi connectivity index (χ2n) is 4.60. The molecule has 0 spiro atoms. The number of likely N-dealkylation sites (N-methyl/N-ethyl adjacent to an activating group) is 1. The predicted octanol–water partition coefficient (Wildman–Crippen LogP) is 0.0177. The van der Waals surface area contributed by atoms with Gasteiger partial charge >= 0.3 is 5.76 Å². The number of hydrogen-bond donors (Lipinski definition) is 2. The van der Waals surface area contributed by atoms with Crippen LogP contribution in [-0.2, 0) is 17.1 Å². The largest absolute Gasteiger partial charge is 0.419 e. The molecule has 1 unspecified atom stereocenters. The van der Waals surface area contributed by atoms with Crippen LogP contribution >= 0.6 is 0 Å². The van der Waals surface area contributed by atoms with E-state index in [4.69, 9.17) is 4.42 Å². The first kappa shape index (κ1) is 14.8. The summed E-state index contributed by atoms with van der Waals surface area (Å²) in [6, 6.07) is 4.37. The summed E-state index contributed by atoms with van der Waals surface area (Å²) in [6.07, 6.45) is 0. The van der Waals surface area contributed by atoms with Gasteiger partial charge in [-0.2, -0.15) is 0 Å². The maximum Gasteiger partial charge on any atom is 0.419 e. The van der Waals surface area contributed by atoms with E-state index in [9.17, 15) is 13.2 Å². The number of rotatable bonds is 5. The molecule has 20 heavy (non-hydrogen) atoms. The lowest BCUT2D eigenvalue weighted by Crippen LogP contribution is -2.37. The van der Waals surface area contributed by atoms with Gasteiger partial charge in [-0.15, -0.1) is 0 Å². The maximum atomic E-state index is 12.1. The van der Waals surface area contributed by atoms with Gasteiger partial charge in [-0.1, -0.05) is 0 Å². The highest BCUT2D eigenvalue weighted by molar-refractivity contribution is 7.89. The zero-order valence-corrected chi connectivity index (χ0v) is 12.3. The lowest BCUT2D eigenvalue weighted by atomic mass is 10.3. The molecular formula is C12H17N3O4S. The molecule has 1 heterocycles. The van der Waals surface area contributed by atoms with Crippen LogP contribution in [0.2, 0.25) is 0 Å². The van der Waals surface area contributed by atoms with Crippen LogP contribution in [0, 0.1) is 0 Å². The molecule has 0 fully saturated rings. The van der Waals surface area contributed by atoms with Crippen LogP contribution in [0.5, 0.6) is 0 Å². The molecule has 2 N–H and O–H groups in total. The van der Waals surface area contributed by atoms with Crippen molar-refractivity contribution in [3.05, 3.63) is 28.7 Å². The van der Waals surface area contributed by atoms with Gasteiger partial charge in [0, 0.05) is 25.7 Å². The van der Waals surface area contributed by atoms with E-state index in [0.717, 1.165) is 0 Å². The van der Waals surface area contributed by atoms with Gasteiger partial charge in [-0.05, 0) is 26.1 Å². The van der Waals surface area contributed by atoms with Gasteiger partial charge < -0.3 is 9.73 Å². The number of hydrogen-bond acceptors (Lipinski definition) is 5. The molecule has 0 bridgehead atoms. The summed E-state index contributed by atoms with van der Waals surface area (Å²) in [5.74, 6) is -0.522. The smallest absolute Gasteiger partial charge is 0.408 e. The zero-order valence-electron chi connectivity index (χ0n) is 11.5. The Morgan fingerprint density at radius 3 is 2.75 bits per heavy atom. The molecule has 0 aliphatic rings. The Balaban J connectivity index is 2.35. The third kappa shape index (κ3) is 2.77. The fourth-order valence-corrected chi connectivity index (χ4v) is 2.85. The third-order valence-electron chi connectivity index (χ3n) is 3.15. The van der Waals surface area contributed by atoms with Gasteiger partial charge in [0.05, 0.1) is 10.4 Å². The summed E-state index contributed by atoms with van der Waals surface area (Å²) in [5.41, 5.74) is 0.805. The Bertz CT molecular complexity index is 776. The number of benzene rings is 1. The summed E-state index contributed by atoms with van der Waals surface area (Å²) in [4.78, 5) is 11.4. The van der Waals surface area contributed by atoms with Crippen LogP contribution in [0.4, 0.5) is 0 Å². The molecule has 0 saturated carbocycles. The zero-order chi connectivity index (χ0) is 14.9. The summed E-state index contributed by atoms with van der Waals surface area (Å²) >= 11 is 0. The van der Waals surface area contributed by atoms with Crippen molar-refractivity contribution in [1.29, 1.82) is 0 Å². The summed E-state index contributed by atoms with van der Waals surface area (Å²) in [7, 11) is -0.304. The first-order chi connectivity index (χ1) is 9.35. The van der Waals surface area contributed by atoms with E-state index in [0.29, 0.717) is 5.52 Å². The maximum absolute atomic E-state index is 12.1. The normalized spacial score (nSPS) is 13.8. The van der Waals surface area contributed by atoms with E-state index in [2.05, 4.69) is 10.0 Å². The quantitative estimate of drug-likeness (QED) is 0.811. The van der Waals surface area contributed by atoms with Gasteiger partial charge in [-0.25, -0.2) is 17.9 Å². The minimum absolute atomic E-state index is 0.0168. The summed E-state index contributed by atoms with van der Waals surface area (Å²) in [6.45, 7) is 2.14. The molecular weight excluding hydrogens is 282 g/mol. The first-order valence-electron chi connectivity index (χ1n) is 6.11. The van der Waals surface area contributed by atoms with E-state index in [1.807, 2.05) is 6.92 Å². The molecule has 0 aliphatic carbocycles.